The minimum atomic E-state index is -0.275. The molecule has 6 nitrogen and oxygen atoms in total. The van der Waals surface area contributed by atoms with Crippen LogP contribution in [0.4, 0.5) is 0 Å². The number of pyridine rings is 1. The molecule has 4 atom stereocenters. The van der Waals surface area contributed by atoms with Gasteiger partial charge in [-0.05, 0) is 56.1 Å². The second kappa shape index (κ2) is 5.51. The molecule has 4 rings (SSSR count). The lowest BCUT2D eigenvalue weighted by atomic mass is 9.84. The topological polar surface area (TPSA) is 68.4 Å². The summed E-state index contributed by atoms with van der Waals surface area (Å²) in [7, 11) is 0. The van der Waals surface area contributed by atoms with Gasteiger partial charge in [0, 0.05) is 12.2 Å². The maximum absolute atomic E-state index is 12.3. The summed E-state index contributed by atoms with van der Waals surface area (Å²) in [5, 5.41) is 7.28. The molecule has 122 valence electrons. The van der Waals surface area contributed by atoms with Crippen LogP contribution in [0.5, 0.6) is 0 Å². The third kappa shape index (κ3) is 2.56. The molecule has 2 aromatic heterocycles. The van der Waals surface area contributed by atoms with Crippen LogP contribution < -0.4 is 11.0 Å². The highest BCUT2D eigenvalue weighted by Crippen LogP contribution is 2.49. The van der Waals surface area contributed by atoms with Gasteiger partial charge in [-0.1, -0.05) is 12.5 Å². The van der Waals surface area contributed by atoms with Gasteiger partial charge in [0.1, 0.15) is 6.54 Å². The number of fused-ring (bicyclic) bond motifs is 3. The first-order chi connectivity index (χ1) is 11.1. The van der Waals surface area contributed by atoms with Crippen molar-refractivity contribution < 1.29 is 4.79 Å². The van der Waals surface area contributed by atoms with Gasteiger partial charge < -0.3 is 5.32 Å². The Morgan fingerprint density at radius 1 is 1.39 bits per heavy atom. The predicted octanol–water partition coefficient (Wildman–Crippen LogP) is 1.44. The van der Waals surface area contributed by atoms with E-state index < -0.39 is 0 Å². The van der Waals surface area contributed by atoms with Gasteiger partial charge in [0.05, 0.1) is 0 Å². The Balaban J connectivity index is 1.43. The van der Waals surface area contributed by atoms with Crippen molar-refractivity contribution in [3.8, 4) is 0 Å². The minimum Gasteiger partial charge on any atom is -0.352 e. The lowest BCUT2D eigenvalue weighted by Crippen LogP contribution is -2.42. The number of amides is 1. The summed E-state index contributed by atoms with van der Waals surface area (Å²) >= 11 is 0. The lowest BCUT2D eigenvalue weighted by Gasteiger charge is -2.28. The van der Waals surface area contributed by atoms with Gasteiger partial charge in [-0.3, -0.25) is 9.20 Å². The first-order valence-corrected chi connectivity index (χ1v) is 8.45. The summed E-state index contributed by atoms with van der Waals surface area (Å²) in [6, 6.07) is 5.53. The molecular weight excluding hydrogens is 292 g/mol. The monoisotopic (exact) mass is 314 g/mol. The van der Waals surface area contributed by atoms with Crippen molar-refractivity contribution in [2.45, 2.75) is 45.2 Å². The molecule has 0 spiro atoms. The van der Waals surface area contributed by atoms with E-state index in [0.29, 0.717) is 11.6 Å². The quantitative estimate of drug-likeness (QED) is 0.928. The molecular formula is C17H22N4O2. The number of aromatic nitrogens is 3. The van der Waals surface area contributed by atoms with Crippen LogP contribution in [-0.4, -0.2) is 26.1 Å². The Morgan fingerprint density at radius 3 is 2.96 bits per heavy atom. The number of nitrogens with one attached hydrogen (secondary N) is 1. The second-order valence-electron chi connectivity index (χ2n) is 7.06. The molecule has 1 amide bonds. The van der Waals surface area contributed by atoms with Crippen molar-refractivity contribution in [2.75, 3.05) is 0 Å². The van der Waals surface area contributed by atoms with Gasteiger partial charge in [-0.2, -0.15) is 0 Å². The molecule has 2 saturated carbocycles. The molecule has 1 N–H and O–H groups in total. The minimum absolute atomic E-state index is 0.0222. The number of rotatable bonds is 4. The van der Waals surface area contributed by atoms with Crippen molar-refractivity contribution >= 4 is 11.6 Å². The molecule has 2 heterocycles. The Kier molecular flexibility index (Phi) is 3.47. The SMILES string of the molecule is CC(NC(=O)Cn1nc2ccccn2c1=O)C1CC2CCC1C2. The molecule has 0 aliphatic heterocycles. The van der Waals surface area contributed by atoms with Gasteiger partial charge in [0.15, 0.2) is 5.65 Å². The number of carbonyl (C=O) groups excluding carboxylic acids is 1. The Labute approximate surface area is 134 Å². The van der Waals surface area contributed by atoms with E-state index in [1.165, 1.54) is 34.8 Å². The second-order valence-corrected chi connectivity index (χ2v) is 7.06. The van der Waals surface area contributed by atoms with Crippen molar-refractivity contribution in [3.63, 3.8) is 0 Å². The molecule has 2 bridgehead atoms. The van der Waals surface area contributed by atoms with Crippen LogP contribution in [0.2, 0.25) is 0 Å². The number of carbonyl (C=O) groups is 1. The highest BCUT2D eigenvalue weighted by Gasteiger charge is 2.42. The van der Waals surface area contributed by atoms with Crippen LogP contribution in [0.3, 0.4) is 0 Å². The van der Waals surface area contributed by atoms with E-state index in [1.807, 2.05) is 6.07 Å². The third-order valence-corrected chi connectivity index (χ3v) is 5.61. The fraction of sp³-hybridized carbons (Fsp3) is 0.588. The zero-order valence-electron chi connectivity index (χ0n) is 13.3. The summed E-state index contributed by atoms with van der Waals surface area (Å²) in [4.78, 5) is 24.5. The van der Waals surface area contributed by atoms with Gasteiger partial charge in [-0.25, -0.2) is 9.48 Å². The number of hydrogen-bond donors (Lipinski definition) is 1. The molecule has 23 heavy (non-hydrogen) atoms. The zero-order chi connectivity index (χ0) is 16.0. The van der Waals surface area contributed by atoms with Crippen LogP contribution in [-0.2, 0) is 11.3 Å². The molecule has 2 aromatic rings. The molecule has 0 radical (unpaired) electrons. The van der Waals surface area contributed by atoms with Crippen molar-refractivity contribution in [1.82, 2.24) is 19.5 Å². The summed E-state index contributed by atoms with van der Waals surface area (Å²) < 4.78 is 2.69. The Morgan fingerprint density at radius 2 is 2.26 bits per heavy atom. The van der Waals surface area contributed by atoms with E-state index in [1.54, 1.807) is 18.3 Å². The summed E-state index contributed by atoms with van der Waals surface area (Å²) in [5.74, 6) is 2.10. The van der Waals surface area contributed by atoms with Crippen molar-refractivity contribution in [1.29, 1.82) is 0 Å². The molecule has 0 aromatic carbocycles. The smallest absolute Gasteiger partial charge is 0.350 e. The van der Waals surface area contributed by atoms with E-state index in [2.05, 4.69) is 17.3 Å². The molecule has 6 heteroatoms. The Bertz CT molecular complexity index is 793. The predicted molar refractivity (Wildman–Crippen MR) is 86.0 cm³/mol. The van der Waals surface area contributed by atoms with E-state index in [-0.39, 0.29) is 24.2 Å². The molecule has 2 fully saturated rings. The van der Waals surface area contributed by atoms with Crippen LogP contribution >= 0.6 is 0 Å². The lowest BCUT2D eigenvalue weighted by molar-refractivity contribution is -0.123. The van der Waals surface area contributed by atoms with E-state index in [9.17, 15) is 9.59 Å². The molecule has 4 unspecified atom stereocenters. The first-order valence-electron chi connectivity index (χ1n) is 8.45. The molecule has 0 saturated heterocycles. The van der Waals surface area contributed by atoms with Crippen LogP contribution in [0.1, 0.15) is 32.6 Å². The van der Waals surface area contributed by atoms with Crippen LogP contribution in [0.15, 0.2) is 29.2 Å². The van der Waals surface area contributed by atoms with E-state index >= 15 is 0 Å². The van der Waals surface area contributed by atoms with E-state index in [0.717, 1.165) is 11.8 Å². The molecule has 2 aliphatic rings. The standard InChI is InChI=1S/C17H22N4O2/c1-11(14-9-12-5-6-13(14)8-12)18-16(22)10-21-17(23)20-7-3-2-4-15(20)19-21/h2-4,7,11-14H,5-6,8-10H2,1H3,(H,18,22). The van der Waals surface area contributed by atoms with Gasteiger partial charge in [0.2, 0.25) is 5.91 Å². The number of nitrogens with zero attached hydrogens (tertiary/aromatic N) is 3. The van der Waals surface area contributed by atoms with Crippen LogP contribution in [0.25, 0.3) is 5.65 Å². The maximum atomic E-state index is 12.3. The highest BCUT2D eigenvalue weighted by molar-refractivity contribution is 5.76. The maximum Gasteiger partial charge on any atom is 0.350 e. The fourth-order valence-corrected chi connectivity index (χ4v) is 4.52. The van der Waals surface area contributed by atoms with Crippen molar-refractivity contribution in [3.05, 3.63) is 34.9 Å². The van der Waals surface area contributed by atoms with E-state index in [4.69, 9.17) is 0 Å². The summed E-state index contributed by atoms with van der Waals surface area (Å²) in [6.45, 7) is 2.07. The Hall–Kier alpha value is -2.11. The zero-order valence-corrected chi connectivity index (χ0v) is 13.3. The van der Waals surface area contributed by atoms with Gasteiger partial charge in [0.25, 0.3) is 0 Å². The van der Waals surface area contributed by atoms with Gasteiger partial charge >= 0.3 is 5.69 Å². The molecule has 2 aliphatic carbocycles. The largest absolute Gasteiger partial charge is 0.352 e. The normalized spacial score (nSPS) is 27.4. The van der Waals surface area contributed by atoms with Crippen LogP contribution in [0, 0.1) is 17.8 Å². The number of hydrogen-bond acceptors (Lipinski definition) is 3. The van der Waals surface area contributed by atoms with Crippen molar-refractivity contribution in [2.24, 2.45) is 17.8 Å². The third-order valence-electron chi connectivity index (χ3n) is 5.61. The first kappa shape index (κ1) is 14.5. The average Bonchev–Trinajstić information content (AvgIpc) is 3.23. The summed E-state index contributed by atoms with van der Waals surface area (Å²) in [5.41, 5.74) is 0.287. The van der Waals surface area contributed by atoms with Gasteiger partial charge in [-0.15, -0.1) is 5.10 Å². The average molecular weight is 314 g/mol. The fourth-order valence-electron chi connectivity index (χ4n) is 4.52. The summed E-state index contributed by atoms with van der Waals surface area (Å²) in [6.07, 6.45) is 6.90. The highest BCUT2D eigenvalue weighted by atomic mass is 16.2.